The van der Waals surface area contributed by atoms with E-state index in [-0.39, 0.29) is 33.9 Å². The first-order chi connectivity index (χ1) is 16.5. The van der Waals surface area contributed by atoms with Gasteiger partial charge in [0.2, 0.25) is 5.88 Å². The summed E-state index contributed by atoms with van der Waals surface area (Å²) >= 11 is 5.94. The third kappa shape index (κ3) is 4.57. The second-order valence-electron chi connectivity index (χ2n) is 7.17. The number of alkyl halides is 3. The molecule has 1 aromatic carbocycles. The largest absolute Gasteiger partial charge is 0.434 e. The van der Waals surface area contributed by atoms with Crippen LogP contribution >= 0.6 is 11.6 Å². The van der Waals surface area contributed by atoms with Gasteiger partial charge in [0.1, 0.15) is 22.9 Å². The minimum atomic E-state index is -5.03. The molecule has 0 aliphatic rings. The number of hydrogen-bond acceptors (Lipinski definition) is 7. The van der Waals surface area contributed by atoms with Crippen LogP contribution < -0.4 is 16.2 Å². The molecule has 0 aliphatic heterocycles. The average molecular weight is 508 g/mol. The second-order valence-corrected chi connectivity index (χ2v) is 7.54. The van der Waals surface area contributed by atoms with Crippen molar-refractivity contribution in [1.82, 2.24) is 24.7 Å². The molecule has 14 heteroatoms. The first-order valence-electron chi connectivity index (χ1n) is 9.64. The number of halogens is 5. The maximum absolute atomic E-state index is 14.9. The summed E-state index contributed by atoms with van der Waals surface area (Å²) in [6, 6.07) is 5.93. The van der Waals surface area contributed by atoms with E-state index >= 15 is 0 Å². The number of aryl methyl sites for hydroxylation is 1. The van der Waals surface area contributed by atoms with E-state index in [1.54, 1.807) is 6.92 Å². The number of pyridine rings is 1. The number of carbonyl (C=O) groups excluding carboxylic acids is 1. The molecule has 180 valence electrons. The van der Waals surface area contributed by atoms with E-state index in [2.05, 4.69) is 20.1 Å². The van der Waals surface area contributed by atoms with Crippen LogP contribution in [0.4, 0.5) is 23.4 Å². The van der Waals surface area contributed by atoms with Gasteiger partial charge in [-0.3, -0.25) is 4.79 Å². The molecule has 0 atom stereocenters. The minimum absolute atomic E-state index is 0.102. The van der Waals surface area contributed by atoms with Crippen molar-refractivity contribution in [2.24, 2.45) is 5.73 Å². The number of benzene rings is 1. The molecule has 0 aliphatic carbocycles. The lowest BCUT2D eigenvalue weighted by atomic mass is 10.0. The van der Waals surface area contributed by atoms with Gasteiger partial charge in [-0.2, -0.15) is 23.3 Å². The Morgan fingerprint density at radius 1 is 1.14 bits per heavy atom. The van der Waals surface area contributed by atoms with Crippen molar-refractivity contribution in [3.8, 4) is 28.7 Å². The lowest BCUT2D eigenvalue weighted by molar-refractivity contribution is -0.143. The SMILES string of the molecule is Cc1ccc(-n2nc(-c3ccc(Oc4ncnc(N)c4Cl)c(F)c3)c(C(N)=O)c2C(F)(F)F)nc1. The van der Waals surface area contributed by atoms with Crippen LogP contribution in [0.2, 0.25) is 5.02 Å². The van der Waals surface area contributed by atoms with Crippen molar-refractivity contribution < 1.29 is 27.1 Å². The van der Waals surface area contributed by atoms with Gasteiger partial charge in [0.05, 0.1) is 5.56 Å². The number of hydrogen-bond donors (Lipinski definition) is 2. The van der Waals surface area contributed by atoms with Crippen LogP contribution in [0.1, 0.15) is 21.6 Å². The Bertz CT molecular complexity index is 1440. The fraction of sp³-hybridized carbons (Fsp3) is 0.0952. The molecule has 0 fully saturated rings. The van der Waals surface area contributed by atoms with E-state index in [1.165, 1.54) is 24.4 Å². The van der Waals surface area contributed by atoms with Crippen LogP contribution in [0.15, 0.2) is 42.9 Å². The number of ether oxygens (including phenoxy) is 1. The molecule has 1 amide bonds. The monoisotopic (exact) mass is 507 g/mol. The molecule has 0 unspecified atom stereocenters. The van der Waals surface area contributed by atoms with Crippen LogP contribution in [0.25, 0.3) is 17.1 Å². The smallest absolute Gasteiger partial charge is 0.434 e. The summed E-state index contributed by atoms with van der Waals surface area (Å²) < 4.78 is 62.6. The Morgan fingerprint density at radius 2 is 1.89 bits per heavy atom. The summed E-state index contributed by atoms with van der Waals surface area (Å²) in [5.41, 5.74) is 8.48. The predicted octanol–water partition coefficient (Wildman–Crippen LogP) is 4.32. The van der Waals surface area contributed by atoms with Crippen LogP contribution in [-0.2, 0) is 6.18 Å². The Morgan fingerprint density at radius 3 is 2.49 bits per heavy atom. The molecule has 3 heterocycles. The molecule has 0 spiro atoms. The maximum atomic E-state index is 14.9. The van der Waals surface area contributed by atoms with Crippen LogP contribution in [0.5, 0.6) is 11.6 Å². The summed E-state index contributed by atoms with van der Waals surface area (Å²) in [7, 11) is 0. The average Bonchev–Trinajstić information content (AvgIpc) is 3.20. The van der Waals surface area contributed by atoms with Crippen molar-refractivity contribution in [1.29, 1.82) is 0 Å². The first-order valence-corrected chi connectivity index (χ1v) is 10.0. The highest BCUT2D eigenvalue weighted by Gasteiger charge is 2.42. The predicted molar refractivity (Wildman–Crippen MR) is 117 cm³/mol. The molecule has 0 radical (unpaired) electrons. The van der Waals surface area contributed by atoms with Gasteiger partial charge in [-0.1, -0.05) is 17.7 Å². The quantitative estimate of drug-likeness (QED) is 0.384. The Kier molecular flexibility index (Phi) is 6.03. The number of aromatic nitrogens is 5. The standard InChI is InChI=1S/C21H14ClF4N7O2/c1-9-2-5-13(29-7-9)33-17(21(24,25)26)14(19(28)34)16(32-33)10-3-4-12(11(23)6-10)35-20-15(22)18(27)30-8-31-20/h2-8H,1H3,(H2,28,34)(H2,27,30,31). The van der Waals surface area contributed by atoms with Gasteiger partial charge in [-0.05, 0) is 36.8 Å². The van der Waals surface area contributed by atoms with Gasteiger partial charge in [-0.15, -0.1) is 0 Å². The van der Waals surface area contributed by atoms with Gasteiger partial charge >= 0.3 is 6.18 Å². The highest BCUT2D eigenvalue weighted by atomic mass is 35.5. The van der Waals surface area contributed by atoms with Gasteiger partial charge in [0, 0.05) is 11.8 Å². The van der Waals surface area contributed by atoms with Crippen LogP contribution in [0, 0.1) is 12.7 Å². The van der Waals surface area contributed by atoms with E-state index in [0.29, 0.717) is 10.2 Å². The minimum Gasteiger partial charge on any atom is -0.434 e. The fourth-order valence-corrected chi connectivity index (χ4v) is 3.28. The van der Waals surface area contributed by atoms with E-state index in [4.69, 9.17) is 27.8 Å². The number of carbonyl (C=O) groups is 1. The number of anilines is 1. The van der Waals surface area contributed by atoms with E-state index < -0.39 is 34.9 Å². The molecule has 3 aromatic heterocycles. The summed E-state index contributed by atoms with van der Waals surface area (Å²) in [5, 5.41) is 3.76. The first kappa shape index (κ1) is 23.9. The summed E-state index contributed by atoms with van der Waals surface area (Å²) in [4.78, 5) is 23.5. The van der Waals surface area contributed by atoms with Crippen molar-refractivity contribution in [3.05, 3.63) is 70.5 Å². The zero-order valence-electron chi connectivity index (χ0n) is 17.6. The van der Waals surface area contributed by atoms with Crippen molar-refractivity contribution in [2.45, 2.75) is 13.1 Å². The number of primary amides is 1. The van der Waals surface area contributed by atoms with Crippen molar-refractivity contribution >= 4 is 23.3 Å². The molecule has 0 bridgehead atoms. The number of nitrogen functional groups attached to an aromatic ring is 1. The normalized spacial score (nSPS) is 11.5. The van der Waals surface area contributed by atoms with Crippen molar-refractivity contribution in [2.75, 3.05) is 5.73 Å². The molecular weight excluding hydrogens is 494 g/mol. The summed E-state index contributed by atoms with van der Waals surface area (Å²) in [5.74, 6) is -3.34. The van der Waals surface area contributed by atoms with E-state index in [9.17, 15) is 22.4 Å². The zero-order chi connectivity index (χ0) is 25.5. The molecule has 9 nitrogen and oxygen atoms in total. The van der Waals surface area contributed by atoms with Crippen LogP contribution in [0.3, 0.4) is 0 Å². The highest BCUT2D eigenvalue weighted by molar-refractivity contribution is 6.34. The van der Waals surface area contributed by atoms with Gasteiger partial charge in [-0.25, -0.2) is 19.0 Å². The van der Waals surface area contributed by atoms with Gasteiger partial charge in [0.25, 0.3) is 5.91 Å². The Hall–Kier alpha value is -4.26. The maximum Gasteiger partial charge on any atom is 0.434 e. The van der Waals surface area contributed by atoms with Gasteiger partial charge in [0.15, 0.2) is 23.1 Å². The van der Waals surface area contributed by atoms with E-state index in [1.807, 2.05) is 0 Å². The molecule has 4 aromatic rings. The molecule has 0 saturated carbocycles. The Labute approximate surface area is 199 Å². The van der Waals surface area contributed by atoms with Crippen molar-refractivity contribution in [3.63, 3.8) is 0 Å². The van der Waals surface area contributed by atoms with E-state index in [0.717, 1.165) is 18.5 Å². The molecule has 4 N–H and O–H groups in total. The van der Waals surface area contributed by atoms with Crippen LogP contribution in [-0.4, -0.2) is 30.6 Å². The molecule has 0 saturated heterocycles. The van der Waals surface area contributed by atoms with Gasteiger partial charge < -0.3 is 16.2 Å². The molecular formula is C21H14ClF4N7O2. The number of rotatable bonds is 5. The summed E-state index contributed by atoms with van der Waals surface area (Å²) in [6.07, 6.45) is -2.66. The second kappa shape index (κ2) is 8.83. The third-order valence-electron chi connectivity index (χ3n) is 4.71. The number of nitrogens with zero attached hydrogens (tertiary/aromatic N) is 5. The zero-order valence-corrected chi connectivity index (χ0v) is 18.4. The topological polar surface area (TPSA) is 135 Å². The number of nitrogens with two attached hydrogens (primary N) is 2. The molecule has 35 heavy (non-hydrogen) atoms. The molecule has 4 rings (SSSR count). The highest BCUT2D eigenvalue weighted by Crippen LogP contribution is 2.39. The fourth-order valence-electron chi connectivity index (χ4n) is 3.14. The third-order valence-corrected chi connectivity index (χ3v) is 5.06. The Balaban J connectivity index is 1.85. The summed E-state index contributed by atoms with van der Waals surface area (Å²) in [6.45, 7) is 1.69. The lowest BCUT2D eigenvalue weighted by Crippen LogP contribution is -2.21. The lowest BCUT2D eigenvalue weighted by Gasteiger charge is -2.11. The number of amides is 1.